The third-order valence-electron chi connectivity index (χ3n) is 6.47. The van der Waals surface area contributed by atoms with Gasteiger partial charge in [-0.05, 0) is 46.7 Å². The second kappa shape index (κ2) is 11.7. The number of methoxy groups -OCH3 is 1. The van der Waals surface area contributed by atoms with Crippen LogP contribution in [-0.4, -0.2) is 24.0 Å². The van der Waals surface area contributed by atoms with Gasteiger partial charge in [0.2, 0.25) is 0 Å². The highest BCUT2D eigenvalue weighted by atomic mass is 32.2. The minimum atomic E-state index is -0.343. The quantitative estimate of drug-likeness (QED) is 0.112. The Balaban J connectivity index is 1.47. The van der Waals surface area contributed by atoms with Crippen LogP contribution in [0.2, 0.25) is 0 Å². The lowest BCUT2D eigenvalue weighted by Gasteiger charge is -2.25. The van der Waals surface area contributed by atoms with Gasteiger partial charge in [-0.2, -0.15) is 0 Å². The van der Waals surface area contributed by atoms with Gasteiger partial charge in [0, 0.05) is 17.7 Å². The normalized spacial score (nSPS) is 15.8. The second-order valence-electron chi connectivity index (χ2n) is 8.83. The number of fused-ring (bicyclic) bond motifs is 1. The van der Waals surface area contributed by atoms with Crippen LogP contribution in [-0.2, 0) is 23.5 Å². The van der Waals surface area contributed by atoms with Crippen LogP contribution in [0.15, 0.2) is 94.3 Å². The Morgan fingerprint density at radius 2 is 1.65 bits per heavy atom. The lowest BCUT2D eigenvalue weighted by atomic mass is 9.80. The van der Waals surface area contributed by atoms with Crippen molar-refractivity contribution in [3.8, 4) is 5.75 Å². The molecule has 1 aliphatic rings. The summed E-state index contributed by atoms with van der Waals surface area (Å²) in [5.74, 6) is 1.28. The minimum absolute atomic E-state index is 0.0755. The fraction of sp³-hybridized carbons (Fsp3) is 0.200. The van der Waals surface area contributed by atoms with Gasteiger partial charge in [-0.3, -0.25) is 0 Å². The van der Waals surface area contributed by atoms with Crippen LogP contribution >= 0.6 is 23.1 Å². The van der Waals surface area contributed by atoms with Crippen molar-refractivity contribution in [3.63, 3.8) is 0 Å². The maximum Gasteiger partial charge on any atom is 0.348 e. The van der Waals surface area contributed by atoms with Gasteiger partial charge in [0.05, 0.1) is 17.0 Å². The topological polar surface area (TPSA) is 68.1 Å². The van der Waals surface area contributed by atoms with E-state index in [0.717, 1.165) is 38.0 Å². The standard InChI is InChI=1S/C30H27NO4S2/c1-34-24-14-12-22(13-15-24)23-16-25-27(26(17-23)31-33)30(36-19-21-10-6-3-7-11-21)37-28(25)29(32)35-18-20-8-4-2-5-9-20/h2-15,23,33H,16-19H2,1H3. The van der Waals surface area contributed by atoms with Crippen molar-refractivity contribution in [2.75, 3.05) is 7.11 Å². The van der Waals surface area contributed by atoms with E-state index in [1.165, 1.54) is 16.9 Å². The molecule has 7 heteroatoms. The zero-order chi connectivity index (χ0) is 25.6. The molecule has 0 saturated carbocycles. The predicted octanol–water partition coefficient (Wildman–Crippen LogP) is 7.31. The van der Waals surface area contributed by atoms with Crippen LogP contribution in [0.5, 0.6) is 5.75 Å². The van der Waals surface area contributed by atoms with Gasteiger partial charge in [0.25, 0.3) is 0 Å². The van der Waals surface area contributed by atoms with Gasteiger partial charge in [-0.25, -0.2) is 4.79 Å². The molecule has 1 unspecified atom stereocenters. The third kappa shape index (κ3) is 5.73. The molecule has 3 aromatic carbocycles. The molecular formula is C30H27NO4S2. The first-order chi connectivity index (χ1) is 18.2. The van der Waals surface area contributed by atoms with Crippen molar-refractivity contribution in [3.05, 3.63) is 118 Å². The van der Waals surface area contributed by atoms with Crippen LogP contribution in [0.4, 0.5) is 0 Å². The van der Waals surface area contributed by atoms with Crippen molar-refractivity contribution in [1.29, 1.82) is 0 Å². The van der Waals surface area contributed by atoms with E-state index in [2.05, 4.69) is 17.3 Å². The molecular weight excluding hydrogens is 502 g/mol. The number of thiophene rings is 1. The molecule has 37 heavy (non-hydrogen) atoms. The van der Waals surface area contributed by atoms with E-state index in [1.807, 2.05) is 72.8 Å². The number of benzene rings is 3. The average Bonchev–Trinajstić information content (AvgIpc) is 3.34. The Kier molecular flexibility index (Phi) is 7.92. The number of ether oxygens (including phenoxy) is 2. The molecule has 4 aromatic rings. The molecule has 0 radical (unpaired) electrons. The first-order valence-corrected chi connectivity index (χ1v) is 13.8. The van der Waals surface area contributed by atoms with Gasteiger partial charge in [-0.15, -0.1) is 23.1 Å². The molecule has 1 aliphatic carbocycles. The highest BCUT2D eigenvalue weighted by Gasteiger charge is 2.34. The Labute approximate surface area is 224 Å². The van der Waals surface area contributed by atoms with Gasteiger partial charge in [0.1, 0.15) is 17.2 Å². The Hall–Kier alpha value is -3.55. The summed E-state index contributed by atoms with van der Waals surface area (Å²) in [5, 5.41) is 13.8. The molecule has 5 rings (SSSR count). The summed E-state index contributed by atoms with van der Waals surface area (Å²) < 4.78 is 12.0. The van der Waals surface area contributed by atoms with E-state index in [1.54, 1.807) is 18.9 Å². The maximum absolute atomic E-state index is 13.4. The van der Waals surface area contributed by atoms with Gasteiger partial charge >= 0.3 is 5.97 Å². The number of thioether (sulfide) groups is 1. The van der Waals surface area contributed by atoms with Crippen molar-refractivity contribution in [2.45, 2.75) is 35.3 Å². The van der Waals surface area contributed by atoms with Crippen LogP contribution < -0.4 is 4.74 Å². The summed E-state index contributed by atoms with van der Waals surface area (Å²) in [6, 6.07) is 27.8. The lowest BCUT2D eigenvalue weighted by Crippen LogP contribution is -2.21. The molecule has 0 aliphatic heterocycles. The number of carbonyl (C=O) groups excluding carboxylic acids is 1. The van der Waals surface area contributed by atoms with Crippen LogP contribution in [0.3, 0.4) is 0 Å². The first-order valence-electron chi connectivity index (χ1n) is 12.0. The van der Waals surface area contributed by atoms with Crippen molar-refractivity contribution in [1.82, 2.24) is 0 Å². The Morgan fingerprint density at radius 3 is 2.30 bits per heavy atom. The second-order valence-corrected chi connectivity index (χ2v) is 11.1. The molecule has 1 N–H and O–H groups in total. The molecule has 1 heterocycles. The van der Waals surface area contributed by atoms with E-state index < -0.39 is 0 Å². The number of carbonyl (C=O) groups is 1. The number of rotatable bonds is 8. The summed E-state index contributed by atoms with van der Waals surface area (Å²) in [7, 11) is 1.64. The zero-order valence-corrected chi connectivity index (χ0v) is 22.1. The number of hydrogen-bond acceptors (Lipinski definition) is 7. The predicted molar refractivity (Wildman–Crippen MR) is 148 cm³/mol. The summed E-state index contributed by atoms with van der Waals surface area (Å²) in [6.07, 6.45) is 1.25. The molecule has 188 valence electrons. The summed E-state index contributed by atoms with van der Waals surface area (Å²) in [5.41, 5.74) is 5.63. The van der Waals surface area contributed by atoms with Crippen LogP contribution in [0.1, 0.15) is 49.8 Å². The lowest BCUT2D eigenvalue weighted by molar-refractivity contribution is 0.0477. The summed E-state index contributed by atoms with van der Waals surface area (Å²) in [6.45, 7) is 0.210. The number of oxime groups is 1. The van der Waals surface area contributed by atoms with Crippen molar-refractivity contribution < 1.29 is 19.5 Å². The number of nitrogens with zero attached hydrogens (tertiary/aromatic N) is 1. The van der Waals surface area contributed by atoms with Crippen LogP contribution in [0, 0.1) is 0 Å². The van der Waals surface area contributed by atoms with Crippen molar-refractivity contribution in [2.24, 2.45) is 5.16 Å². The molecule has 0 bridgehead atoms. The summed E-state index contributed by atoms with van der Waals surface area (Å²) in [4.78, 5) is 13.9. The largest absolute Gasteiger partial charge is 0.497 e. The SMILES string of the molecule is COc1ccc(C2CC(=NO)c3c(SCc4ccccc4)sc(C(=O)OCc4ccccc4)c3C2)cc1. The van der Waals surface area contributed by atoms with Crippen molar-refractivity contribution >= 4 is 34.8 Å². The highest BCUT2D eigenvalue weighted by Crippen LogP contribution is 2.45. The molecule has 5 nitrogen and oxygen atoms in total. The fourth-order valence-electron chi connectivity index (χ4n) is 4.56. The molecule has 1 atom stereocenters. The van der Waals surface area contributed by atoms with Gasteiger partial charge in [-0.1, -0.05) is 78.0 Å². The highest BCUT2D eigenvalue weighted by molar-refractivity contribution is 8.00. The Morgan fingerprint density at radius 1 is 0.973 bits per heavy atom. The fourth-order valence-corrected chi connectivity index (χ4v) is 7.08. The van der Waals surface area contributed by atoms with E-state index in [9.17, 15) is 10.0 Å². The number of esters is 1. The first kappa shape index (κ1) is 25.1. The molecule has 0 spiro atoms. The van der Waals surface area contributed by atoms with E-state index in [-0.39, 0.29) is 18.5 Å². The maximum atomic E-state index is 13.4. The van der Waals surface area contributed by atoms with Gasteiger partial charge < -0.3 is 14.7 Å². The molecule has 0 saturated heterocycles. The Bertz CT molecular complexity index is 1380. The molecule has 1 aromatic heterocycles. The molecule has 0 fully saturated rings. The summed E-state index contributed by atoms with van der Waals surface area (Å²) >= 11 is 3.10. The van der Waals surface area contributed by atoms with E-state index in [0.29, 0.717) is 23.4 Å². The minimum Gasteiger partial charge on any atom is -0.497 e. The van der Waals surface area contributed by atoms with E-state index >= 15 is 0 Å². The molecule has 0 amide bonds. The van der Waals surface area contributed by atoms with E-state index in [4.69, 9.17) is 9.47 Å². The van der Waals surface area contributed by atoms with Gasteiger partial charge in [0.15, 0.2) is 0 Å². The zero-order valence-electron chi connectivity index (χ0n) is 20.4. The number of hydrogen-bond donors (Lipinski definition) is 1. The third-order valence-corrected chi connectivity index (χ3v) is 9.03. The monoisotopic (exact) mass is 529 g/mol. The van der Waals surface area contributed by atoms with Crippen LogP contribution in [0.25, 0.3) is 0 Å². The average molecular weight is 530 g/mol. The smallest absolute Gasteiger partial charge is 0.348 e.